The van der Waals surface area contributed by atoms with E-state index in [-0.39, 0.29) is 11.9 Å². The van der Waals surface area contributed by atoms with Crippen molar-refractivity contribution in [2.75, 3.05) is 5.88 Å². The molecule has 0 aromatic carbocycles. The van der Waals surface area contributed by atoms with Gasteiger partial charge < -0.3 is 5.32 Å². The van der Waals surface area contributed by atoms with E-state index in [9.17, 15) is 4.79 Å². The first-order valence-corrected chi connectivity index (χ1v) is 5.56. The second-order valence-corrected chi connectivity index (χ2v) is 4.02. The summed E-state index contributed by atoms with van der Waals surface area (Å²) in [6, 6.07) is 2.00. The predicted molar refractivity (Wildman–Crippen MR) is 56.3 cm³/mol. The standard InChI is InChI=1S/C9H12ClNOS/c1-7(5-10)11-9(12)4-8-2-3-13-6-8/h2-3,6-7H,4-5H2,1H3,(H,11,12). The van der Waals surface area contributed by atoms with Gasteiger partial charge in [0.2, 0.25) is 5.91 Å². The van der Waals surface area contributed by atoms with E-state index in [1.807, 2.05) is 23.8 Å². The van der Waals surface area contributed by atoms with Gasteiger partial charge in [-0.15, -0.1) is 11.6 Å². The first-order chi connectivity index (χ1) is 6.22. The van der Waals surface area contributed by atoms with Crippen molar-refractivity contribution in [3.8, 4) is 0 Å². The SMILES string of the molecule is CC(CCl)NC(=O)Cc1ccsc1. The molecule has 0 aliphatic rings. The van der Waals surface area contributed by atoms with E-state index in [1.165, 1.54) is 0 Å². The average Bonchev–Trinajstić information content (AvgIpc) is 2.56. The minimum absolute atomic E-state index is 0.0338. The van der Waals surface area contributed by atoms with E-state index in [1.54, 1.807) is 11.3 Å². The van der Waals surface area contributed by atoms with Crippen molar-refractivity contribution in [1.29, 1.82) is 0 Å². The Balaban J connectivity index is 2.34. The highest BCUT2D eigenvalue weighted by Gasteiger charge is 2.06. The van der Waals surface area contributed by atoms with E-state index in [4.69, 9.17) is 11.6 Å². The van der Waals surface area contributed by atoms with Gasteiger partial charge in [0, 0.05) is 11.9 Å². The molecule has 1 rings (SSSR count). The van der Waals surface area contributed by atoms with Crippen molar-refractivity contribution in [3.63, 3.8) is 0 Å². The second-order valence-electron chi connectivity index (χ2n) is 2.93. The molecule has 1 aromatic heterocycles. The molecule has 0 radical (unpaired) electrons. The van der Waals surface area contributed by atoms with Gasteiger partial charge in [-0.2, -0.15) is 11.3 Å². The normalized spacial score (nSPS) is 12.5. The number of carbonyl (C=O) groups excluding carboxylic acids is 1. The Hall–Kier alpha value is -0.540. The maximum atomic E-state index is 11.3. The number of rotatable bonds is 4. The van der Waals surface area contributed by atoms with Crippen LogP contribution in [-0.2, 0) is 11.2 Å². The second kappa shape index (κ2) is 5.25. The quantitative estimate of drug-likeness (QED) is 0.769. The molecule has 0 aliphatic carbocycles. The molecule has 1 N–H and O–H groups in total. The zero-order chi connectivity index (χ0) is 9.68. The maximum Gasteiger partial charge on any atom is 0.224 e. The van der Waals surface area contributed by atoms with Gasteiger partial charge in [-0.25, -0.2) is 0 Å². The molecule has 0 bridgehead atoms. The molecule has 4 heteroatoms. The zero-order valence-corrected chi connectivity index (χ0v) is 8.99. The van der Waals surface area contributed by atoms with Crippen LogP contribution in [0.25, 0.3) is 0 Å². The molecule has 0 fully saturated rings. The third kappa shape index (κ3) is 3.79. The predicted octanol–water partition coefficient (Wildman–Crippen LogP) is 2.03. The first-order valence-electron chi connectivity index (χ1n) is 4.08. The molecule has 1 unspecified atom stereocenters. The van der Waals surface area contributed by atoms with Crippen molar-refractivity contribution in [3.05, 3.63) is 22.4 Å². The lowest BCUT2D eigenvalue weighted by atomic mass is 10.2. The van der Waals surface area contributed by atoms with Gasteiger partial charge in [0.25, 0.3) is 0 Å². The van der Waals surface area contributed by atoms with Gasteiger partial charge in [-0.3, -0.25) is 4.79 Å². The van der Waals surface area contributed by atoms with E-state index in [2.05, 4.69) is 5.32 Å². The topological polar surface area (TPSA) is 29.1 Å². The lowest BCUT2D eigenvalue weighted by Gasteiger charge is -2.09. The molecule has 0 aliphatic heterocycles. The summed E-state index contributed by atoms with van der Waals surface area (Å²) in [5, 5.41) is 6.74. The van der Waals surface area contributed by atoms with Crippen LogP contribution in [0.2, 0.25) is 0 Å². The lowest BCUT2D eigenvalue weighted by Crippen LogP contribution is -2.34. The summed E-state index contributed by atoms with van der Waals surface area (Å²) in [5.74, 6) is 0.488. The van der Waals surface area contributed by atoms with Crippen molar-refractivity contribution in [1.82, 2.24) is 5.32 Å². The monoisotopic (exact) mass is 217 g/mol. The highest BCUT2D eigenvalue weighted by atomic mass is 35.5. The molecular formula is C9H12ClNOS. The van der Waals surface area contributed by atoms with Crippen molar-refractivity contribution in [2.24, 2.45) is 0 Å². The Morgan fingerprint density at radius 3 is 3.08 bits per heavy atom. The minimum Gasteiger partial charge on any atom is -0.352 e. The summed E-state index contributed by atoms with van der Waals surface area (Å²) >= 11 is 7.17. The number of halogens is 1. The van der Waals surface area contributed by atoms with E-state index >= 15 is 0 Å². The van der Waals surface area contributed by atoms with Crippen LogP contribution < -0.4 is 5.32 Å². The van der Waals surface area contributed by atoms with Gasteiger partial charge in [0.15, 0.2) is 0 Å². The van der Waals surface area contributed by atoms with E-state index in [0.717, 1.165) is 5.56 Å². The van der Waals surface area contributed by atoms with Crippen LogP contribution in [0.15, 0.2) is 16.8 Å². The minimum atomic E-state index is 0.0338. The van der Waals surface area contributed by atoms with E-state index < -0.39 is 0 Å². The molecule has 2 nitrogen and oxygen atoms in total. The molecule has 1 heterocycles. The van der Waals surface area contributed by atoms with Gasteiger partial charge in [0.05, 0.1) is 6.42 Å². The third-order valence-electron chi connectivity index (χ3n) is 1.58. The summed E-state index contributed by atoms with van der Waals surface area (Å²) < 4.78 is 0. The Labute approximate surface area is 86.9 Å². The number of carbonyl (C=O) groups is 1. The number of nitrogens with one attached hydrogen (secondary N) is 1. The first kappa shape index (κ1) is 10.5. The fourth-order valence-corrected chi connectivity index (χ4v) is 1.69. The molecule has 13 heavy (non-hydrogen) atoms. The summed E-state index contributed by atoms with van der Waals surface area (Å²) in [5.41, 5.74) is 1.06. The van der Waals surface area contributed by atoms with Crippen LogP contribution >= 0.6 is 22.9 Å². The smallest absolute Gasteiger partial charge is 0.224 e. The number of alkyl halides is 1. The fourth-order valence-electron chi connectivity index (χ4n) is 0.943. The summed E-state index contributed by atoms with van der Waals surface area (Å²) in [4.78, 5) is 11.3. The molecular weight excluding hydrogens is 206 g/mol. The summed E-state index contributed by atoms with van der Waals surface area (Å²) in [6.45, 7) is 1.89. The lowest BCUT2D eigenvalue weighted by molar-refractivity contribution is -0.120. The highest BCUT2D eigenvalue weighted by molar-refractivity contribution is 7.07. The number of hydrogen-bond acceptors (Lipinski definition) is 2. The van der Waals surface area contributed by atoms with Crippen LogP contribution in [-0.4, -0.2) is 17.8 Å². The number of thiophene rings is 1. The van der Waals surface area contributed by atoms with Crippen molar-refractivity contribution >= 4 is 28.8 Å². The molecule has 1 aromatic rings. The molecule has 72 valence electrons. The van der Waals surface area contributed by atoms with Gasteiger partial charge >= 0.3 is 0 Å². The highest BCUT2D eigenvalue weighted by Crippen LogP contribution is 2.06. The van der Waals surface area contributed by atoms with Gasteiger partial charge in [-0.05, 0) is 29.3 Å². The zero-order valence-electron chi connectivity index (χ0n) is 7.42. The molecule has 0 spiro atoms. The summed E-state index contributed by atoms with van der Waals surface area (Å²) in [7, 11) is 0. The molecule has 1 atom stereocenters. The summed E-state index contributed by atoms with van der Waals surface area (Å²) in [6.07, 6.45) is 0.449. The van der Waals surface area contributed by atoms with Gasteiger partial charge in [-0.1, -0.05) is 0 Å². The molecule has 0 saturated heterocycles. The molecule has 1 amide bonds. The average molecular weight is 218 g/mol. The fraction of sp³-hybridized carbons (Fsp3) is 0.444. The number of amides is 1. The van der Waals surface area contributed by atoms with Crippen LogP contribution in [0.1, 0.15) is 12.5 Å². The van der Waals surface area contributed by atoms with Crippen molar-refractivity contribution in [2.45, 2.75) is 19.4 Å². The third-order valence-corrected chi connectivity index (χ3v) is 2.78. The Morgan fingerprint density at radius 2 is 2.54 bits per heavy atom. The largest absolute Gasteiger partial charge is 0.352 e. The van der Waals surface area contributed by atoms with Crippen LogP contribution in [0.3, 0.4) is 0 Å². The van der Waals surface area contributed by atoms with Gasteiger partial charge in [0.1, 0.15) is 0 Å². The van der Waals surface area contributed by atoms with Crippen LogP contribution in [0.4, 0.5) is 0 Å². The number of hydrogen-bond donors (Lipinski definition) is 1. The van der Waals surface area contributed by atoms with Crippen LogP contribution in [0, 0.1) is 0 Å². The molecule has 0 saturated carbocycles. The maximum absolute atomic E-state index is 11.3. The Kier molecular flexibility index (Phi) is 4.25. The van der Waals surface area contributed by atoms with E-state index in [0.29, 0.717) is 12.3 Å². The Bertz CT molecular complexity index is 261. The Morgan fingerprint density at radius 1 is 1.77 bits per heavy atom. The van der Waals surface area contributed by atoms with Crippen molar-refractivity contribution < 1.29 is 4.79 Å². The van der Waals surface area contributed by atoms with Crippen LogP contribution in [0.5, 0.6) is 0 Å².